The van der Waals surface area contributed by atoms with Gasteiger partial charge in [-0.1, -0.05) is 43.9 Å². The molecule has 1 heterocycles. The molecule has 1 aliphatic carbocycles. The molecule has 0 spiro atoms. The van der Waals surface area contributed by atoms with Crippen molar-refractivity contribution in [3.63, 3.8) is 0 Å². The van der Waals surface area contributed by atoms with Crippen molar-refractivity contribution in [2.24, 2.45) is 0 Å². The van der Waals surface area contributed by atoms with E-state index < -0.39 is 0 Å². The zero-order chi connectivity index (χ0) is 16.8. The molecule has 132 valence electrons. The predicted molar refractivity (Wildman–Crippen MR) is 99.5 cm³/mol. The molecule has 1 N–H and O–H groups in total. The Bertz CT molecular complexity index is 529. The maximum absolute atomic E-state index is 12.3. The van der Waals surface area contributed by atoms with Gasteiger partial charge in [-0.25, -0.2) is 0 Å². The molecule has 0 atom stereocenters. The minimum Gasteiger partial charge on any atom is -0.369 e. The Labute approximate surface area is 146 Å². The average Bonchev–Trinajstić information content (AvgIpc) is 2.85. The van der Waals surface area contributed by atoms with Gasteiger partial charge in [-0.3, -0.25) is 9.69 Å². The Morgan fingerprint density at radius 3 is 2.38 bits per heavy atom. The van der Waals surface area contributed by atoms with Gasteiger partial charge < -0.3 is 10.2 Å². The standard InChI is InChI=1S/C20H31N3O/c1-17-8-6-7-11-19(17)23-14-12-22(13-15-23)16-20(24)21-18-9-4-2-3-5-10-18/h6-8,11,18H,2-5,9-10,12-16H2,1H3,(H,21,24). The summed E-state index contributed by atoms with van der Waals surface area (Å²) in [5.41, 5.74) is 2.66. The van der Waals surface area contributed by atoms with Gasteiger partial charge >= 0.3 is 0 Å². The number of carbonyl (C=O) groups excluding carboxylic acids is 1. The number of carbonyl (C=O) groups is 1. The van der Waals surface area contributed by atoms with Crippen molar-refractivity contribution in [1.29, 1.82) is 0 Å². The van der Waals surface area contributed by atoms with Crippen molar-refractivity contribution in [1.82, 2.24) is 10.2 Å². The van der Waals surface area contributed by atoms with Gasteiger partial charge in [-0.15, -0.1) is 0 Å². The van der Waals surface area contributed by atoms with E-state index in [1.54, 1.807) is 0 Å². The lowest BCUT2D eigenvalue weighted by atomic mass is 10.1. The summed E-state index contributed by atoms with van der Waals surface area (Å²) in [5.74, 6) is 0.214. The third-order valence-electron chi connectivity index (χ3n) is 5.42. The number of rotatable bonds is 4. The number of anilines is 1. The SMILES string of the molecule is Cc1ccccc1N1CCN(CC(=O)NC2CCCCCC2)CC1. The van der Waals surface area contributed by atoms with E-state index >= 15 is 0 Å². The summed E-state index contributed by atoms with van der Waals surface area (Å²) in [6, 6.07) is 8.97. The van der Waals surface area contributed by atoms with Crippen LogP contribution in [0.25, 0.3) is 0 Å². The maximum Gasteiger partial charge on any atom is 0.234 e. The van der Waals surface area contributed by atoms with Crippen LogP contribution in [0.15, 0.2) is 24.3 Å². The first-order valence-electron chi connectivity index (χ1n) is 9.54. The fourth-order valence-electron chi connectivity index (χ4n) is 3.97. The van der Waals surface area contributed by atoms with Gasteiger partial charge in [0.2, 0.25) is 5.91 Å². The Balaban J connectivity index is 1.43. The normalized spacial score (nSPS) is 20.6. The van der Waals surface area contributed by atoms with Gasteiger partial charge in [0.15, 0.2) is 0 Å². The first-order valence-corrected chi connectivity index (χ1v) is 9.54. The van der Waals surface area contributed by atoms with Crippen molar-refractivity contribution in [3.05, 3.63) is 29.8 Å². The second-order valence-corrected chi connectivity index (χ2v) is 7.31. The van der Waals surface area contributed by atoms with Gasteiger partial charge in [0, 0.05) is 37.9 Å². The van der Waals surface area contributed by atoms with Crippen molar-refractivity contribution in [2.45, 2.75) is 51.5 Å². The van der Waals surface area contributed by atoms with E-state index in [2.05, 4.69) is 46.3 Å². The molecule has 0 bridgehead atoms. The molecule has 1 saturated heterocycles. The van der Waals surface area contributed by atoms with Crippen molar-refractivity contribution < 1.29 is 4.79 Å². The van der Waals surface area contributed by atoms with E-state index in [1.165, 1.54) is 36.9 Å². The van der Waals surface area contributed by atoms with E-state index in [9.17, 15) is 4.79 Å². The van der Waals surface area contributed by atoms with Crippen LogP contribution in [-0.2, 0) is 4.79 Å². The molecule has 1 aromatic carbocycles. The number of hydrogen-bond donors (Lipinski definition) is 1. The molecule has 2 aliphatic rings. The van der Waals surface area contributed by atoms with Gasteiger partial charge in [0.1, 0.15) is 0 Å². The lowest BCUT2D eigenvalue weighted by molar-refractivity contribution is -0.123. The minimum atomic E-state index is 0.214. The molecule has 1 saturated carbocycles. The highest BCUT2D eigenvalue weighted by molar-refractivity contribution is 5.78. The fourth-order valence-corrected chi connectivity index (χ4v) is 3.97. The average molecular weight is 329 g/mol. The van der Waals surface area contributed by atoms with Gasteiger partial charge in [0.05, 0.1) is 6.54 Å². The van der Waals surface area contributed by atoms with Crippen LogP contribution in [0.1, 0.15) is 44.1 Å². The fraction of sp³-hybridized carbons (Fsp3) is 0.650. The van der Waals surface area contributed by atoms with Crippen LogP contribution in [0.4, 0.5) is 5.69 Å². The summed E-state index contributed by atoms with van der Waals surface area (Å²) in [4.78, 5) is 17.1. The molecule has 0 radical (unpaired) electrons. The van der Waals surface area contributed by atoms with E-state index in [0.29, 0.717) is 12.6 Å². The van der Waals surface area contributed by atoms with Crippen LogP contribution >= 0.6 is 0 Å². The van der Waals surface area contributed by atoms with Crippen LogP contribution in [-0.4, -0.2) is 49.6 Å². The number of aryl methyl sites for hydroxylation is 1. The molecular weight excluding hydrogens is 298 g/mol. The smallest absolute Gasteiger partial charge is 0.234 e. The minimum absolute atomic E-state index is 0.214. The quantitative estimate of drug-likeness (QED) is 0.863. The number of nitrogens with one attached hydrogen (secondary N) is 1. The van der Waals surface area contributed by atoms with Gasteiger partial charge in [-0.05, 0) is 31.4 Å². The third-order valence-corrected chi connectivity index (χ3v) is 5.42. The van der Waals surface area contributed by atoms with Crippen LogP contribution < -0.4 is 10.2 Å². The highest BCUT2D eigenvalue weighted by atomic mass is 16.2. The first-order chi connectivity index (χ1) is 11.7. The van der Waals surface area contributed by atoms with E-state index in [4.69, 9.17) is 0 Å². The first kappa shape index (κ1) is 17.3. The Hall–Kier alpha value is -1.55. The van der Waals surface area contributed by atoms with Crippen LogP contribution in [0.3, 0.4) is 0 Å². The molecule has 3 rings (SSSR count). The zero-order valence-electron chi connectivity index (χ0n) is 15.0. The molecule has 4 heteroatoms. The maximum atomic E-state index is 12.3. The summed E-state index contributed by atoms with van der Waals surface area (Å²) in [7, 11) is 0. The third kappa shape index (κ3) is 4.73. The molecule has 4 nitrogen and oxygen atoms in total. The summed E-state index contributed by atoms with van der Waals surface area (Å²) in [6.45, 7) is 6.65. The van der Waals surface area contributed by atoms with Crippen molar-refractivity contribution in [2.75, 3.05) is 37.6 Å². The monoisotopic (exact) mass is 329 g/mol. The zero-order valence-corrected chi connectivity index (χ0v) is 15.0. The van der Waals surface area contributed by atoms with Gasteiger partial charge in [-0.2, -0.15) is 0 Å². The van der Waals surface area contributed by atoms with Crippen molar-refractivity contribution in [3.8, 4) is 0 Å². The number of para-hydroxylation sites is 1. The summed E-state index contributed by atoms with van der Waals surface area (Å²) >= 11 is 0. The molecule has 1 amide bonds. The van der Waals surface area contributed by atoms with Crippen LogP contribution in [0, 0.1) is 6.92 Å². The number of benzene rings is 1. The highest BCUT2D eigenvalue weighted by Gasteiger charge is 2.21. The number of piperazine rings is 1. The lowest BCUT2D eigenvalue weighted by Gasteiger charge is -2.36. The second-order valence-electron chi connectivity index (χ2n) is 7.31. The topological polar surface area (TPSA) is 35.6 Å². The van der Waals surface area contributed by atoms with Crippen molar-refractivity contribution >= 4 is 11.6 Å². The van der Waals surface area contributed by atoms with Gasteiger partial charge in [0.25, 0.3) is 0 Å². The number of hydrogen-bond acceptors (Lipinski definition) is 3. The van der Waals surface area contributed by atoms with Crippen LogP contribution in [0.5, 0.6) is 0 Å². The van der Waals surface area contributed by atoms with E-state index in [-0.39, 0.29) is 5.91 Å². The van der Waals surface area contributed by atoms with E-state index in [1.807, 2.05) is 0 Å². The molecule has 0 unspecified atom stereocenters. The Kier molecular flexibility index (Phi) is 6.13. The number of amides is 1. The van der Waals surface area contributed by atoms with E-state index in [0.717, 1.165) is 39.0 Å². The second kappa shape index (κ2) is 8.52. The Morgan fingerprint density at radius 2 is 1.71 bits per heavy atom. The lowest BCUT2D eigenvalue weighted by Crippen LogP contribution is -2.50. The summed E-state index contributed by atoms with van der Waals surface area (Å²) < 4.78 is 0. The highest BCUT2D eigenvalue weighted by Crippen LogP contribution is 2.21. The molecule has 1 aromatic rings. The molecule has 0 aromatic heterocycles. The largest absolute Gasteiger partial charge is 0.369 e. The Morgan fingerprint density at radius 1 is 1.04 bits per heavy atom. The predicted octanol–water partition coefficient (Wildman–Crippen LogP) is 2.96. The summed E-state index contributed by atoms with van der Waals surface area (Å²) in [5, 5.41) is 3.26. The molecule has 1 aliphatic heterocycles. The molecular formula is C20H31N3O. The number of nitrogens with zero attached hydrogens (tertiary/aromatic N) is 2. The van der Waals surface area contributed by atoms with Crippen LogP contribution in [0.2, 0.25) is 0 Å². The summed E-state index contributed by atoms with van der Waals surface area (Å²) in [6.07, 6.45) is 7.50. The molecule has 24 heavy (non-hydrogen) atoms. The molecule has 2 fully saturated rings.